The Morgan fingerprint density at radius 2 is 2.21 bits per heavy atom. The lowest BCUT2D eigenvalue weighted by Gasteiger charge is -2.08. The van der Waals surface area contributed by atoms with Crippen LogP contribution in [0, 0.1) is 5.82 Å². The molecule has 2 aromatic rings. The molecule has 0 bridgehead atoms. The number of aromatic nitrogens is 2. The van der Waals surface area contributed by atoms with E-state index in [0.29, 0.717) is 22.6 Å². The van der Waals surface area contributed by atoms with Crippen LogP contribution in [0.3, 0.4) is 0 Å². The average molecular weight is 326 g/mol. The number of hydrogen-bond acceptors (Lipinski definition) is 4. The van der Waals surface area contributed by atoms with Gasteiger partial charge in [-0.3, -0.25) is 4.98 Å². The maximum Gasteiger partial charge on any atom is 0.238 e. The Morgan fingerprint density at radius 3 is 2.95 bits per heavy atom. The molecule has 1 heterocycles. The Hall–Kier alpha value is -1.53. The summed E-state index contributed by atoms with van der Waals surface area (Å²) in [4.78, 5) is 8.37. The SMILES string of the molecule is CCNCc1cncc(Oc2ccc(F)cc2Br)n1. The largest absolute Gasteiger partial charge is 0.436 e. The molecule has 2 rings (SSSR count). The van der Waals surface area contributed by atoms with E-state index in [9.17, 15) is 4.39 Å². The maximum atomic E-state index is 13.0. The summed E-state index contributed by atoms with van der Waals surface area (Å²) < 4.78 is 19.1. The van der Waals surface area contributed by atoms with Crippen molar-refractivity contribution < 1.29 is 9.13 Å². The summed E-state index contributed by atoms with van der Waals surface area (Å²) in [5, 5.41) is 3.16. The molecule has 1 aromatic heterocycles. The van der Waals surface area contributed by atoms with Gasteiger partial charge in [0.25, 0.3) is 0 Å². The van der Waals surface area contributed by atoms with E-state index in [1.807, 2.05) is 6.92 Å². The van der Waals surface area contributed by atoms with Crippen LogP contribution in [0.2, 0.25) is 0 Å². The fraction of sp³-hybridized carbons (Fsp3) is 0.231. The van der Waals surface area contributed by atoms with E-state index < -0.39 is 0 Å². The lowest BCUT2D eigenvalue weighted by Crippen LogP contribution is -2.13. The molecule has 6 heteroatoms. The van der Waals surface area contributed by atoms with E-state index in [4.69, 9.17) is 4.74 Å². The molecule has 0 spiro atoms. The van der Waals surface area contributed by atoms with E-state index in [-0.39, 0.29) is 5.82 Å². The van der Waals surface area contributed by atoms with Crippen LogP contribution in [0.5, 0.6) is 11.6 Å². The van der Waals surface area contributed by atoms with Gasteiger partial charge in [-0.2, -0.15) is 0 Å². The summed E-state index contributed by atoms with van der Waals surface area (Å²) in [5.74, 6) is 0.546. The van der Waals surface area contributed by atoms with Crippen LogP contribution in [0.4, 0.5) is 4.39 Å². The molecule has 19 heavy (non-hydrogen) atoms. The van der Waals surface area contributed by atoms with Crippen molar-refractivity contribution in [3.63, 3.8) is 0 Å². The molecule has 100 valence electrons. The minimum atomic E-state index is -0.328. The van der Waals surface area contributed by atoms with E-state index in [1.54, 1.807) is 6.20 Å². The van der Waals surface area contributed by atoms with Gasteiger partial charge in [0.05, 0.1) is 16.4 Å². The van der Waals surface area contributed by atoms with Crippen LogP contribution in [0.25, 0.3) is 0 Å². The van der Waals surface area contributed by atoms with Crippen LogP contribution in [0.1, 0.15) is 12.6 Å². The van der Waals surface area contributed by atoms with Gasteiger partial charge in [-0.1, -0.05) is 6.92 Å². The van der Waals surface area contributed by atoms with Gasteiger partial charge in [0.2, 0.25) is 5.88 Å². The molecule has 4 nitrogen and oxygen atoms in total. The van der Waals surface area contributed by atoms with Crippen molar-refractivity contribution in [1.29, 1.82) is 0 Å². The Kier molecular flexibility index (Phi) is 4.81. The van der Waals surface area contributed by atoms with Crippen molar-refractivity contribution in [2.75, 3.05) is 6.54 Å². The second-order valence-electron chi connectivity index (χ2n) is 3.81. The highest BCUT2D eigenvalue weighted by Gasteiger charge is 2.06. The van der Waals surface area contributed by atoms with Crippen molar-refractivity contribution in [2.45, 2.75) is 13.5 Å². The highest BCUT2D eigenvalue weighted by molar-refractivity contribution is 9.10. The Balaban J connectivity index is 2.14. The molecule has 0 saturated carbocycles. The molecule has 0 amide bonds. The topological polar surface area (TPSA) is 47.0 Å². The summed E-state index contributed by atoms with van der Waals surface area (Å²) in [6.07, 6.45) is 3.19. The molecule has 0 radical (unpaired) electrons. The fourth-order valence-corrected chi connectivity index (χ4v) is 1.88. The Bertz CT molecular complexity index is 565. The van der Waals surface area contributed by atoms with Gasteiger partial charge >= 0.3 is 0 Å². The molecule has 1 N–H and O–H groups in total. The fourth-order valence-electron chi connectivity index (χ4n) is 1.44. The Labute approximate surface area is 119 Å². The summed E-state index contributed by atoms with van der Waals surface area (Å²) in [6.45, 7) is 3.50. The number of halogens is 2. The van der Waals surface area contributed by atoms with Crippen molar-refractivity contribution in [1.82, 2.24) is 15.3 Å². The third-order valence-corrected chi connectivity index (χ3v) is 2.95. The average Bonchev–Trinajstić information content (AvgIpc) is 2.40. The van der Waals surface area contributed by atoms with Crippen LogP contribution in [-0.2, 0) is 6.54 Å². The first kappa shape index (κ1) is 13.9. The Morgan fingerprint density at radius 1 is 1.37 bits per heavy atom. The lowest BCUT2D eigenvalue weighted by atomic mass is 10.3. The lowest BCUT2D eigenvalue weighted by molar-refractivity contribution is 0.452. The van der Waals surface area contributed by atoms with E-state index >= 15 is 0 Å². The molecule has 0 aliphatic rings. The second kappa shape index (κ2) is 6.58. The predicted molar refractivity (Wildman–Crippen MR) is 73.6 cm³/mol. The van der Waals surface area contributed by atoms with Gasteiger partial charge in [-0.05, 0) is 40.7 Å². The highest BCUT2D eigenvalue weighted by Crippen LogP contribution is 2.29. The first-order valence-electron chi connectivity index (χ1n) is 5.83. The van der Waals surface area contributed by atoms with Gasteiger partial charge in [0.1, 0.15) is 11.6 Å². The molecule has 0 aliphatic carbocycles. The quantitative estimate of drug-likeness (QED) is 0.916. The van der Waals surface area contributed by atoms with E-state index in [2.05, 4.69) is 31.2 Å². The second-order valence-corrected chi connectivity index (χ2v) is 4.66. The minimum absolute atomic E-state index is 0.328. The summed E-state index contributed by atoms with van der Waals surface area (Å²) >= 11 is 3.24. The molecular weight excluding hydrogens is 313 g/mol. The number of hydrogen-bond donors (Lipinski definition) is 1. The van der Waals surface area contributed by atoms with Crippen molar-refractivity contribution in [3.05, 3.63) is 46.6 Å². The van der Waals surface area contributed by atoms with Gasteiger partial charge in [0, 0.05) is 12.7 Å². The molecule has 0 atom stereocenters. The summed E-state index contributed by atoms with van der Waals surface area (Å²) in [5.41, 5.74) is 0.789. The number of ether oxygens (including phenoxy) is 1. The third kappa shape index (κ3) is 3.97. The minimum Gasteiger partial charge on any atom is -0.436 e. The number of rotatable bonds is 5. The van der Waals surface area contributed by atoms with Gasteiger partial charge in [0.15, 0.2) is 0 Å². The zero-order valence-corrected chi connectivity index (χ0v) is 11.9. The highest BCUT2D eigenvalue weighted by atomic mass is 79.9. The monoisotopic (exact) mass is 325 g/mol. The first-order chi connectivity index (χ1) is 9.19. The first-order valence-corrected chi connectivity index (χ1v) is 6.63. The van der Waals surface area contributed by atoms with Crippen molar-refractivity contribution in [2.24, 2.45) is 0 Å². The zero-order valence-electron chi connectivity index (χ0n) is 10.4. The van der Waals surface area contributed by atoms with Crippen LogP contribution >= 0.6 is 15.9 Å². The van der Waals surface area contributed by atoms with Crippen molar-refractivity contribution in [3.8, 4) is 11.6 Å². The molecule has 0 saturated heterocycles. The van der Waals surface area contributed by atoms with Gasteiger partial charge in [-0.15, -0.1) is 0 Å². The molecule has 0 unspecified atom stereocenters. The van der Waals surface area contributed by atoms with Crippen LogP contribution < -0.4 is 10.1 Å². The zero-order chi connectivity index (χ0) is 13.7. The molecule has 0 fully saturated rings. The summed E-state index contributed by atoms with van der Waals surface area (Å²) in [6, 6.07) is 4.21. The standard InChI is InChI=1S/C13H13BrFN3O/c1-2-16-6-10-7-17-8-13(18-10)19-12-4-3-9(15)5-11(12)14/h3-5,7-8,16H,2,6H2,1H3. The van der Waals surface area contributed by atoms with Gasteiger partial charge < -0.3 is 10.1 Å². The summed E-state index contributed by atoms with van der Waals surface area (Å²) in [7, 11) is 0. The molecular formula is C13H13BrFN3O. The number of nitrogens with zero attached hydrogens (tertiary/aromatic N) is 2. The maximum absolute atomic E-state index is 13.0. The van der Waals surface area contributed by atoms with E-state index in [0.717, 1.165) is 12.2 Å². The van der Waals surface area contributed by atoms with Crippen LogP contribution in [-0.4, -0.2) is 16.5 Å². The van der Waals surface area contributed by atoms with E-state index in [1.165, 1.54) is 24.4 Å². The molecule has 0 aliphatic heterocycles. The smallest absolute Gasteiger partial charge is 0.238 e. The normalized spacial score (nSPS) is 10.5. The molecule has 1 aromatic carbocycles. The van der Waals surface area contributed by atoms with Gasteiger partial charge in [-0.25, -0.2) is 9.37 Å². The number of nitrogens with one attached hydrogen (secondary N) is 1. The van der Waals surface area contributed by atoms with Crippen LogP contribution in [0.15, 0.2) is 35.1 Å². The predicted octanol–water partition coefficient (Wildman–Crippen LogP) is 3.28. The number of benzene rings is 1. The van der Waals surface area contributed by atoms with Crippen molar-refractivity contribution >= 4 is 15.9 Å². The third-order valence-electron chi connectivity index (χ3n) is 2.33.